The summed E-state index contributed by atoms with van der Waals surface area (Å²) in [6.45, 7) is 6.07. The second-order valence-electron chi connectivity index (χ2n) is 8.11. The number of hydrogen-bond acceptors (Lipinski definition) is 5. The molecule has 0 bridgehead atoms. The molecule has 1 amide bonds. The van der Waals surface area contributed by atoms with E-state index >= 15 is 0 Å². The second kappa shape index (κ2) is 10.7. The van der Waals surface area contributed by atoms with Gasteiger partial charge in [-0.15, -0.1) is 22.6 Å². The second-order valence-corrected chi connectivity index (χ2v) is 8.88. The number of amides is 1. The molecule has 1 aromatic heterocycles. The molecule has 3 unspecified atom stereocenters. The minimum atomic E-state index is 0. The summed E-state index contributed by atoms with van der Waals surface area (Å²) in [4.78, 5) is 12.5. The third-order valence-corrected chi connectivity index (χ3v) is 6.25. The summed E-state index contributed by atoms with van der Waals surface area (Å²) >= 11 is 1.64. The van der Waals surface area contributed by atoms with Crippen molar-refractivity contribution in [1.29, 1.82) is 0 Å². The zero-order valence-electron chi connectivity index (χ0n) is 16.7. The molecule has 1 aromatic rings. The van der Waals surface area contributed by atoms with E-state index in [1.54, 1.807) is 11.8 Å². The van der Waals surface area contributed by atoms with E-state index in [-0.39, 0.29) is 24.4 Å². The summed E-state index contributed by atoms with van der Waals surface area (Å²) in [6.07, 6.45) is 9.94. The molecule has 2 fully saturated rings. The van der Waals surface area contributed by atoms with Gasteiger partial charge in [0, 0.05) is 25.6 Å². The number of hydrogen-bond donors (Lipinski definition) is 2. The number of aromatic nitrogens is 3. The average Bonchev–Trinajstić information content (AvgIpc) is 3.22. The molecule has 2 N–H and O–H groups in total. The van der Waals surface area contributed by atoms with Gasteiger partial charge in [-0.2, -0.15) is 0 Å². The van der Waals surface area contributed by atoms with Crippen molar-refractivity contribution in [3.8, 4) is 0 Å². The Morgan fingerprint density at radius 3 is 2.81 bits per heavy atom. The van der Waals surface area contributed by atoms with Crippen LogP contribution in [0.3, 0.4) is 0 Å². The first-order valence-electron chi connectivity index (χ1n) is 10.1. The zero-order chi connectivity index (χ0) is 18.5. The van der Waals surface area contributed by atoms with E-state index < -0.39 is 0 Å². The number of carbonyl (C=O) groups is 1. The van der Waals surface area contributed by atoms with Crippen molar-refractivity contribution in [2.45, 2.75) is 82.6 Å². The molecule has 6 nitrogen and oxygen atoms in total. The molecule has 1 saturated heterocycles. The van der Waals surface area contributed by atoms with Gasteiger partial charge in [-0.25, -0.2) is 0 Å². The van der Waals surface area contributed by atoms with E-state index in [1.165, 1.54) is 25.7 Å². The van der Waals surface area contributed by atoms with E-state index in [2.05, 4.69) is 39.2 Å². The molecular formula is C19H34ClN5OS. The van der Waals surface area contributed by atoms with Crippen LogP contribution >= 0.6 is 24.2 Å². The van der Waals surface area contributed by atoms with Gasteiger partial charge in [0.2, 0.25) is 5.91 Å². The van der Waals surface area contributed by atoms with Crippen LogP contribution in [0.4, 0.5) is 0 Å². The lowest BCUT2D eigenvalue weighted by Crippen LogP contribution is -2.43. The van der Waals surface area contributed by atoms with Crippen LogP contribution in [0.1, 0.15) is 58.2 Å². The van der Waals surface area contributed by atoms with Gasteiger partial charge in [0.15, 0.2) is 5.16 Å². The summed E-state index contributed by atoms with van der Waals surface area (Å²) in [6, 6.07) is 0.579. The SMILES string of the molecule is CSc1nnc(CCCNC(=O)C2CC3CCCCC3N2)n1CC(C)C.Cl. The Labute approximate surface area is 173 Å². The van der Waals surface area contributed by atoms with E-state index in [0.717, 1.165) is 36.8 Å². The van der Waals surface area contributed by atoms with Crippen molar-refractivity contribution in [2.24, 2.45) is 11.8 Å². The normalized spacial score (nSPS) is 24.5. The van der Waals surface area contributed by atoms with Gasteiger partial charge in [0.05, 0.1) is 6.04 Å². The predicted octanol–water partition coefficient (Wildman–Crippen LogP) is 3.05. The molecule has 3 rings (SSSR count). The lowest BCUT2D eigenvalue weighted by atomic mass is 9.85. The Balaban J connectivity index is 0.00000261. The Morgan fingerprint density at radius 1 is 1.33 bits per heavy atom. The highest BCUT2D eigenvalue weighted by Gasteiger charge is 2.37. The first-order valence-corrected chi connectivity index (χ1v) is 11.3. The molecule has 1 aliphatic heterocycles. The number of nitrogens with zero attached hydrogens (tertiary/aromatic N) is 3. The van der Waals surface area contributed by atoms with Crippen LogP contribution in [0, 0.1) is 11.8 Å². The third kappa shape index (κ3) is 5.84. The van der Waals surface area contributed by atoms with Crippen LogP contribution < -0.4 is 10.6 Å². The van der Waals surface area contributed by atoms with Crippen LogP contribution in [0.5, 0.6) is 0 Å². The zero-order valence-corrected chi connectivity index (χ0v) is 18.4. The molecule has 1 saturated carbocycles. The van der Waals surface area contributed by atoms with Crippen LogP contribution in [-0.4, -0.2) is 45.6 Å². The lowest BCUT2D eigenvalue weighted by molar-refractivity contribution is -0.122. The van der Waals surface area contributed by atoms with Crippen molar-refractivity contribution >= 4 is 30.1 Å². The fourth-order valence-electron chi connectivity index (χ4n) is 4.31. The highest BCUT2D eigenvalue weighted by atomic mass is 35.5. The van der Waals surface area contributed by atoms with Gasteiger partial charge in [-0.05, 0) is 43.8 Å². The fraction of sp³-hybridized carbons (Fsp3) is 0.842. The molecule has 2 heterocycles. The van der Waals surface area contributed by atoms with Gasteiger partial charge in [-0.1, -0.05) is 38.5 Å². The Morgan fingerprint density at radius 2 is 2.11 bits per heavy atom. The van der Waals surface area contributed by atoms with E-state index in [0.29, 0.717) is 24.4 Å². The van der Waals surface area contributed by atoms with Crippen molar-refractivity contribution in [1.82, 2.24) is 25.4 Å². The van der Waals surface area contributed by atoms with Gasteiger partial charge in [-0.3, -0.25) is 4.79 Å². The van der Waals surface area contributed by atoms with Gasteiger partial charge >= 0.3 is 0 Å². The lowest BCUT2D eigenvalue weighted by Gasteiger charge is -2.24. The number of halogens is 1. The molecule has 8 heteroatoms. The Hall–Kier alpha value is -0.790. The number of nitrogens with one attached hydrogen (secondary N) is 2. The molecule has 2 aliphatic rings. The maximum absolute atomic E-state index is 12.5. The topological polar surface area (TPSA) is 71.8 Å². The highest BCUT2D eigenvalue weighted by Crippen LogP contribution is 2.33. The number of thioether (sulfide) groups is 1. The monoisotopic (exact) mass is 415 g/mol. The summed E-state index contributed by atoms with van der Waals surface area (Å²) in [7, 11) is 0. The predicted molar refractivity (Wildman–Crippen MR) is 113 cm³/mol. The maximum atomic E-state index is 12.5. The average molecular weight is 416 g/mol. The number of carbonyl (C=O) groups excluding carboxylic acids is 1. The molecule has 0 aromatic carbocycles. The standard InChI is InChI=1S/C19H33N5OS.ClH/c1-13(2)12-24-17(22-23-19(24)26-3)9-6-10-20-18(25)16-11-14-7-4-5-8-15(14)21-16;/h13-16,21H,4-12H2,1-3H3,(H,20,25);1H. The molecule has 154 valence electrons. The van der Waals surface area contributed by atoms with E-state index in [4.69, 9.17) is 0 Å². The van der Waals surface area contributed by atoms with Crippen molar-refractivity contribution in [3.63, 3.8) is 0 Å². The van der Waals surface area contributed by atoms with Gasteiger partial charge < -0.3 is 15.2 Å². The van der Waals surface area contributed by atoms with Crippen LogP contribution in [0.2, 0.25) is 0 Å². The molecule has 0 spiro atoms. The van der Waals surface area contributed by atoms with Crippen molar-refractivity contribution < 1.29 is 4.79 Å². The summed E-state index contributed by atoms with van der Waals surface area (Å²) in [5, 5.41) is 16.3. The maximum Gasteiger partial charge on any atom is 0.237 e. The number of aryl methyl sites for hydroxylation is 1. The first-order chi connectivity index (χ1) is 12.6. The fourth-order valence-corrected chi connectivity index (χ4v) is 4.83. The minimum Gasteiger partial charge on any atom is -0.355 e. The molecule has 0 radical (unpaired) electrons. The highest BCUT2D eigenvalue weighted by molar-refractivity contribution is 7.98. The van der Waals surface area contributed by atoms with Crippen LogP contribution in [0.15, 0.2) is 5.16 Å². The van der Waals surface area contributed by atoms with Crippen molar-refractivity contribution in [2.75, 3.05) is 12.8 Å². The van der Waals surface area contributed by atoms with Crippen LogP contribution in [-0.2, 0) is 17.8 Å². The quantitative estimate of drug-likeness (QED) is 0.504. The largest absolute Gasteiger partial charge is 0.355 e. The van der Waals surface area contributed by atoms with Crippen molar-refractivity contribution in [3.05, 3.63) is 5.82 Å². The first kappa shape index (κ1) is 22.5. The molecular weight excluding hydrogens is 382 g/mol. The number of fused-ring (bicyclic) bond motifs is 1. The Bertz CT molecular complexity index is 595. The van der Waals surface area contributed by atoms with Crippen LogP contribution in [0.25, 0.3) is 0 Å². The van der Waals surface area contributed by atoms with Gasteiger partial charge in [0.1, 0.15) is 5.82 Å². The number of rotatable bonds is 8. The Kier molecular flexibility index (Phi) is 8.89. The summed E-state index contributed by atoms with van der Waals surface area (Å²) < 4.78 is 2.22. The molecule has 1 aliphatic carbocycles. The summed E-state index contributed by atoms with van der Waals surface area (Å²) in [5.41, 5.74) is 0. The molecule has 27 heavy (non-hydrogen) atoms. The smallest absolute Gasteiger partial charge is 0.237 e. The third-order valence-electron chi connectivity index (χ3n) is 5.58. The van der Waals surface area contributed by atoms with Gasteiger partial charge in [0.25, 0.3) is 0 Å². The van der Waals surface area contributed by atoms with E-state index in [9.17, 15) is 4.79 Å². The van der Waals surface area contributed by atoms with E-state index in [1.807, 2.05) is 6.26 Å². The minimum absolute atomic E-state index is 0. The summed E-state index contributed by atoms with van der Waals surface area (Å²) in [5.74, 6) is 2.47. The molecule has 3 atom stereocenters.